The molecule has 4 heteroatoms. The summed E-state index contributed by atoms with van der Waals surface area (Å²) in [6.45, 7) is 3.64. The fourth-order valence-electron chi connectivity index (χ4n) is 1.57. The SMILES string of the molecule is CCCOCC(Cc1ccc(Br)cc1Cl)NC. The summed E-state index contributed by atoms with van der Waals surface area (Å²) in [6.07, 6.45) is 1.93. The fraction of sp³-hybridized carbons (Fsp3) is 0.538. The number of ether oxygens (including phenoxy) is 1. The molecule has 2 nitrogen and oxygen atoms in total. The van der Waals surface area contributed by atoms with E-state index in [1.807, 2.05) is 19.2 Å². The molecule has 0 aromatic heterocycles. The van der Waals surface area contributed by atoms with Crippen molar-refractivity contribution in [2.75, 3.05) is 20.3 Å². The molecular formula is C13H19BrClNO. The second kappa shape index (κ2) is 8.09. The summed E-state index contributed by atoms with van der Waals surface area (Å²) in [6, 6.07) is 6.30. The van der Waals surface area contributed by atoms with E-state index in [9.17, 15) is 0 Å². The van der Waals surface area contributed by atoms with E-state index in [0.29, 0.717) is 6.04 Å². The van der Waals surface area contributed by atoms with E-state index < -0.39 is 0 Å². The van der Waals surface area contributed by atoms with Crippen LogP contribution in [0, 0.1) is 0 Å². The number of benzene rings is 1. The van der Waals surface area contributed by atoms with E-state index in [1.54, 1.807) is 0 Å². The second-order valence-electron chi connectivity index (χ2n) is 4.00. The smallest absolute Gasteiger partial charge is 0.0622 e. The molecule has 0 spiro atoms. The van der Waals surface area contributed by atoms with Crippen LogP contribution in [0.25, 0.3) is 0 Å². The Labute approximate surface area is 117 Å². The Balaban J connectivity index is 2.54. The van der Waals surface area contributed by atoms with Crippen molar-refractivity contribution >= 4 is 27.5 Å². The van der Waals surface area contributed by atoms with E-state index in [1.165, 1.54) is 0 Å². The average molecular weight is 321 g/mol. The highest BCUT2D eigenvalue weighted by Crippen LogP contribution is 2.22. The van der Waals surface area contributed by atoms with Gasteiger partial charge < -0.3 is 10.1 Å². The van der Waals surface area contributed by atoms with E-state index in [0.717, 1.165) is 41.1 Å². The van der Waals surface area contributed by atoms with Crippen LogP contribution in [0.1, 0.15) is 18.9 Å². The van der Waals surface area contributed by atoms with Crippen molar-refractivity contribution in [1.82, 2.24) is 5.32 Å². The second-order valence-corrected chi connectivity index (χ2v) is 5.32. The maximum Gasteiger partial charge on any atom is 0.0622 e. The molecule has 0 aliphatic carbocycles. The summed E-state index contributed by atoms with van der Waals surface area (Å²) < 4.78 is 6.57. The third kappa shape index (κ3) is 5.38. The van der Waals surface area contributed by atoms with E-state index in [-0.39, 0.29) is 0 Å². The average Bonchev–Trinajstić information content (AvgIpc) is 2.31. The normalized spacial score (nSPS) is 12.7. The van der Waals surface area contributed by atoms with Crippen molar-refractivity contribution in [1.29, 1.82) is 0 Å². The van der Waals surface area contributed by atoms with E-state index >= 15 is 0 Å². The van der Waals surface area contributed by atoms with Crippen molar-refractivity contribution in [3.63, 3.8) is 0 Å². The first-order chi connectivity index (χ1) is 8.17. The molecule has 0 bridgehead atoms. The van der Waals surface area contributed by atoms with E-state index in [2.05, 4.69) is 34.2 Å². The molecule has 1 aromatic carbocycles. The molecule has 1 N–H and O–H groups in total. The molecular weight excluding hydrogens is 302 g/mol. The Morgan fingerprint density at radius 1 is 1.47 bits per heavy atom. The zero-order chi connectivity index (χ0) is 12.7. The van der Waals surface area contributed by atoms with Gasteiger partial charge in [-0.25, -0.2) is 0 Å². The van der Waals surface area contributed by atoms with Gasteiger partial charge in [-0.05, 0) is 37.6 Å². The molecule has 96 valence electrons. The van der Waals surface area contributed by atoms with Gasteiger partial charge in [0.2, 0.25) is 0 Å². The monoisotopic (exact) mass is 319 g/mol. The van der Waals surface area contributed by atoms with Crippen LogP contribution in [0.3, 0.4) is 0 Å². The summed E-state index contributed by atoms with van der Waals surface area (Å²) >= 11 is 9.60. The number of likely N-dealkylation sites (N-methyl/N-ethyl adjacent to an activating group) is 1. The zero-order valence-corrected chi connectivity index (χ0v) is 12.6. The largest absolute Gasteiger partial charge is 0.380 e. The number of halogens is 2. The summed E-state index contributed by atoms with van der Waals surface area (Å²) in [5, 5.41) is 4.06. The number of hydrogen-bond donors (Lipinski definition) is 1. The molecule has 0 saturated heterocycles. The van der Waals surface area contributed by atoms with Crippen molar-refractivity contribution in [3.8, 4) is 0 Å². The number of rotatable bonds is 7. The first kappa shape index (κ1) is 15.0. The lowest BCUT2D eigenvalue weighted by Crippen LogP contribution is -2.32. The summed E-state index contributed by atoms with van der Waals surface area (Å²) in [4.78, 5) is 0. The van der Waals surface area contributed by atoms with Gasteiger partial charge in [-0.15, -0.1) is 0 Å². The minimum absolute atomic E-state index is 0.306. The molecule has 0 heterocycles. The molecule has 0 saturated carbocycles. The molecule has 1 atom stereocenters. The van der Waals surface area contributed by atoms with Gasteiger partial charge in [-0.3, -0.25) is 0 Å². The van der Waals surface area contributed by atoms with Gasteiger partial charge in [0.25, 0.3) is 0 Å². The van der Waals surface area contributed by atoms with Gasteiger partial charge in [0, 0.05) is 22.1 Å². The molecule has 17 heavy (non-hydrogen) atoms. The predicted octanol–water partition coefficient (Wildman–Crippen LogP) is 3.66. The fourth-order valence-corrected chi connectivity index (χ4v) is 2.32. The first-order valence-corrected chi connectivity index (χ1v) is 7.03. The molecule has 1 rings (SSSR count). The van der Waals surface area contributed by atoms with Gasteiger partial charge in [0.1, 0.15) is 0 Å². The third-order valence-corrected chi connectivity index (χ3v) is 3.40. The maximum absolute atomic E-state index is 6.19. The molecule has 1 aromatic rings. The van der Waals surface area contributed by atoms with Crippen molar-refractivity contribution in [2.24, 2.45) is 0 Å². The molecule has 1 unspecified atom stereocenters. The lowest BCUT2D eigenvalue weighted by atomic mass is 10.1. The standard InChI is InChI=1S/C13H19BrClNO/c1-3-6-17-9-12(16-2)7-10-4-5-11(14)8-13(10)15/h4-5,8,12,16H,3,6-7,9H2,1-2H3. The van der Waals surface area contributed by atoms with Crippen molar-refractivity contribution < 1.29 is 4.74 Å². The van der Waals surface area contributed by atoms with Crippen LogP contribution < -0.4 is 5.32 Å². The Morgan fingerprint density at radius 2 is 2.24 bits per heavy atom. The predicted molar refractivity (Wildman–Crippen MR) is 76.8 cm³/mol. The van der Waals surface area contributed by atoms with Crippen LogP contribution >= 0.6 is 27.5 Å². The topological polar surface area (TPSA) is 21.3 Å². The van der Waals surface area contributed by atoms with Crippen LogP contribution in [0.2, 0.25) is 5.02 Å². The van der Waals surface area contributed by atoms with Gasteiger partial charge in [0.15, 0.2) is 0 Å². The highest BCUT2D eigenvalue weighted by atomic mass is 79.9. The quantitative estimate of drug-likeness (QED) is 0.774. The molecule has 0 fully saturated rings. The number of hydrogen-bond acceptors (Lipinski definition) is 2. The highest BCUT2D eigenvalue weighted by Gasteiger charge is 2.10. The van der Waals surface area contributed by atoms with E-state index in [4.69, 9.17) is 16.3 Å². The lowest BCUT2D eigenvalue weighted by molar-refractivity contribution is 0.114. The van der Waals surface area contributed by atoms with Crippen LogP contribution in [0.4, 0.5) is 0 Å². The summed E-state index contributed by atoms with van der Waals surface area (Å²) in [5.74, 6) is 0. The highest BCUT2D eigenvalue weighted by molar-refractivity contribution is 9.10. The van der Waals surface area contributed by atoms with Crippen LogP contribution in [0.15, 0.2) is 22.7 Å². The Bertz CT molecular complexity index is 346. The number of nitrogens with one attached hydrogen (secondary N) is 1. The van der Waals surface area contributed by atoms with Gasteiger partial charge in [0.05, 0.1) is 6.61 Å². The molecule has 0 aliphatic heterocycles. The lowest BCUT2D eigenvalue weighted by Gasteiger charge is -2.17. The first-order valence-electron chi connectivity index (χ1n) is 5.86. The maximum atomic E-state index is 6.19. The van der Waals surface area contributed by atoms with Gasteiger partial charge in [-0.2, -0.15) is 0 Å². The summed E-state index contributed by atoms with van der Waals surface area (Å²) in [5.41, 5.74) is 1.15. The minimum atomic E-state index is 0.306. The molecule has 0 amide bonds. The van der Waals surface area contributed by atoms with Crippen LogP contribution in [-0.2, 0) is 11.2 Å². The summed E-state index contributed by atoms with van der Waals surface area (Å²) in [7, 11) is 1.95. The third-order valence-electron chi connectivity index (χ3n) is 2.56. The molecule has 0 radical (unpaired) electrons. The Morgan fingerprint density at radius 3 is 2.82 bits per heavy atom. The molecule has 0 aliphatic rings. The zero-order valence-electron chi connectivity index (χ0n) is 10.3. The van der Waals surface area contributed by atoms with Crippen molar-refractivity contribution in [2.45, 2.75) is 25.8 Å². The van der Waals surface area contributed by atoms with Gasteiger partial charge in [-0.1, -0.05) is 40.5 Å². The minimum Gasteiger partial charge on any atom is -0.380 e. The van der Waals surface area contributed by atoms with Crippen molar-refractivity contribution in [3.05, 3.63) is 33.3 Å². The Hall–Kier alpha value is -0.0900. The Kier molecular flexibility index (Phi) is 7.12. The van der Waals surface area contributed by atoms with Crippen LogP contribution in [0.5, 0.6) is 0 Å². The van der Waals surface area contributed by atoms with Crippen LogP contribution in [-0.4, -0.2) is 26.3 Å². The van der Waals surface area contributed by atoms with Gasteiger partial charge >= 0.3 is 0 Å².